The topological polar surface area (TPSA) is 44.8 Å². The first-order valence-electron chi connectivity index (χ1n) is 4.98. The predicted octanol–water partition coefficient (Wildman–Crippen LogP) is 2.17. The van der Waals surface area contributed by atoms with Crippen LogP contribution >= 0.6 is 0 Å². The van der Waals surface area contributed by atoms with Gasteiger partial charge in [-0.05, 0) is 12.8 Å². The zero-order valence-electron chi connectivity index (χ0n) is 8.93. The molecule has 0 spiro atoms. The average Bonchev–Trinajstić information content (AvgIpc) is 2.39. The summed E-state index contributed by atoms with van der Waals surface area (Å²) in [5, 5.41) is 0. The fourth-order valence-electron chi connectivity index (χ4n) is 1.63. The first-order chi connectivity index (χ1) is 7.83. The van der Waals surface area contributed by atoms with E-state index in [0.717, 1.165) is 18.4 Å². The standard InChI is InChI=1S/C12H12O4/c1-14-12(13)10-5-3-2-4-9(10)11-8-15-6-7-16-11/h3,5-8H,2,4H2,1H3. The maximum Gasteiger partial charge on any atom is 0.338 e. The molecule has 0 saturated carbocycles. The Balaban J connectivity index is 2.33. The molecule has 0 bridgehead atoms. The van der Waals surface area contributed by atoms with Crippen molar-refractivity contribution in [3.8, 4) is 0 Å². The lowest BCUT2D eigenvalue weighted by atomic mass is 9.96. The highest BCUT2D eigenvalue weighted by molar-refractivity contribution is 5.93. The molecule has 84 valence electrons. The molecule has 16 heavy (non-hydrogen) atoms. The summed E-state index contributed by atoms with van der Waals surface area (Å²) in [6.45, 7) is 0. The van der Waals surface area contributed by atoms with E-state index in [1.54, 1.807) is 6.08 Å². The maximum atomic E-state index is 11.5. The molecule has 0 aromatic rings. The Hall–Kier alpha value is -1.97. The summed E-state index contributed by atoms with van der Waals surface area (Å²) in [4.78, 5) is 11.5. The summed E-state index contributed by atoms with van der Waals surface area (Å²) >= 11 is 0. The van der Waals surface area contributed by atoms with Crippen molar-refractivity contribution in [3.63, 3.8) is 0 Å². The highest BCUT2D eigenvalue weighted by atomic mass is 16.5. The minimum atomic E-state index is -0.356. The lowest BCUT2D eigenvalue weighted by molar-refractivity contribution is -0.135. The molecule has 0 radical (unpaired) electrons. The largest absolute Gasteiger partial charge is 0.466 e. The molecule has 0 unspecified atom stereocenters. The van der Waals surface area contributed by atoms with E-state index in [9.17, 15) is 4.79 Å². The first-order valence-corrected chi connectivity index (χ1v) is 4.98. The molecule has 0 aromatic heterocycles. The Kier molecular flexibility index (Phi) is 3.10. The monoisotopic (exact) mass is 220 g/mol. The fraction of sp³-hybridized carbons (Fsp3) is 0.250. The van der Waals surface area contributed by atoms with Gasteiger partial charge in [0.25, 0.3) is 0 Å². The number of hydrogen-bond donors (Lipinski definition) is 0. The van der Waals surface area contributed by atoms with Gasteiger partial charge in [-0.2, -0.15) is 0 Å². The molecular weight excluding hydrogens is 208 g/mol. The molecule has 2 rings (SSSR count). The van der Waals surface area contributed by atoms with E-state index in [1.807, 2.05) is 6.08 Å². The predicted molar refractivity (Wildman–Crippen MR) is 56.8 cm³/mol. The number of ether oxygens (including phenoxy) is 3. The Morgan fingerprint density at radius 1 is 1.44 bits per heavy atom. The first kappa shape index (κ1) is 10.5. The van der Waals surface area contributed by atoms with Crippen molar-refractivity contribution in [1.82, 2.24) is 0 Å². The highest BCUT2D eigenvalue weighted by Gasteiger charge is 2.21. The molecule has 0 aromatic carbocycles. The molecule has 1 aliphatic heterocycles. The molecule has 0 N–H and O–H groups in total. The number of esters is 1. The van der Waals surface area contributed by atoms with Crippen LogP contribution in [0.1, 0.15) is 12.8 Å². The summed E-state index contributed by atoms with van der Waals surface area (Å²) in [6.07, 6.45) is 9.67. The quantitative estimate of drug-likeness (QED) is 0.669. The number of methoxy groups -OCH3 is 1. The van der Waals surface area contributed by atoms with Gasteiger partial charge in [0, 0.05) is 5.57 Å². The molecule has 0 amide bonds. The Labute approximate surface area is 93.5 Å². The molecule has 1 heterocycles. The molecular formula is C12H12O4. The van der Waals surface area contributed by atoms with Gasteiger partial charge < -0.3 is 14.2 Å². The van der Waals surface area contributed by atoms with Gasteiger partial charge in [0.05, 0.1) is 12.7 Å². The molecule has 4 heteroatoms. The third-order valence-electron chi connectivity index (χ3n) is 2.38. The van der Waals surface area contributed by atoms with Crippen molar-refractivity contribution in [3.05, 3.63) is 47.8 Å². The van der Waals surface area contributed by atoms with Gasteiger partial charge in [-0.25, -0.2) is 4.79 Å². The van der Waals surface area contributed by atoms with E-state index in [0.29, 0.717) is 11.3 Å². The molecule has 4 nitrogen and oxygen atoms in total. The van der Waals surface area contributed by atoms with E-state index >= 15 is 0 Å². The molecule has 2 aliphatic rings. The van der Waals surface area contributed by atoms with E-state index < -0.39 is 0 Å². The molecule has 0 fully saturated rings. The average molecular weight is 220 g/mol. The third-order valence-corrected chi connectivity index (χ3v) is 2.38. The number of carbonyl (C=O) groups excluding carboxylic acids is 1. The lowest BCUT2D eigenvalue weighted by Crippen LogP contribution is -2.11. The van der Waals surface area contributed by atoms with E-state index in [4.69, 9.17) is 14.2 Å². The van der Waals surface area contributed by atoms with Crippen LogP contribution < -0.4 is 0 Å². The smallest absolute Gasteiger partial charge is 0.338 e. The second kappa shape index (κ2) is 4.70. The van der Waals surface area contributed by atoms with E-state index in [1.165, 1.54) is 25.9 Å². The van der Waals surface area contributed by atoms with Gasteiger partial charge in [0.15, 0.2) is 5.76 Å². The SMILES string of the molecule is COC(=O)C1=C(C2=COC=CO2)CCC=C1. The van der Waals surface area contributed by atoms with Crippen LogP contribution in [0.2, 0.25) is 0 Å². The van der Waals surface area contributed by atoms with E-state index in [2.05, 4.69) is 0 Å². The van der Waals surface area contributed by atoms with Gasteiger partial charge in [0.1, 0.15) is 18.8 Å². The van der Waals surface area contributed by atoms with Crippen molar-refractivity contribution in [2.45, 2.75) is 12.8 Å². The number of rotatable bonds is 2. The number of hydrogen-bond acceptors (Lipinski definition) is 4. The summed E-state index contributed by atoms with van der Waals surface area (Å²) < 4.78 is 15.0. The second-order valence-corrected chi connectivity index (χ2v) is 3.33. The Morgan fingerprint density at radius 2 is 2.31 bits per heavy atom. The van der Waals surface area contributed by atoms with Crippen LogP contribution in [0.4, 0.5) is 0 Å². The zero-order valence-corrected chi connectivity index (χ0v) is 8.93. The number of allylic oxidation sites excluding steroid dienone is 2. The van der Waals surface area contributed by atoms with Crippen LogP contribution in [0.3, 0.4) is 0 Å². The van der Waals surface area contributed by atoms with Crippen molar-refractivity contribution in [1.29, 1.82) is 0 Å². The zero-order chi connectivity index (χ0) is 11.4. The van der Waals surface area contributed by atoms with Gasteiger partial charge in [-0.3, -0.25) is 0 Å². The van der Waals surface area contributed by atoms with Crippen LogP contribution in [0.15, 0.2) is 47.8 Å². The Bertz CT molecular complexity index is 413. The third kappa shape index (κ3) is 2.00. The summed E-state index contributed by atoms with van der Waals surface area (Å²) in [5.74, 6) is 0.206. The normalized spacial score (nSPS) is 18.7. The number of carbonyl (C=O) groups is 1. The van der Waals surface area contributed by atoms with Gasteiger partial charge in [0.2, 0.25) is 0 Å². The van der Waals surface area contributed by atoms with Crippen LogP contribution in [0.5, 0.6) is 0 Å². The highest BCUT2D eigenvalue weighted by Crippen LogP contribution is 2.28. The molecule has 1 aliphatic carbocycles. The van der Waals surface area contributed by atoms with Crippen molar-refractivity contribution < 1.29 is 19.0 Å². The van der Waals surface area contributed by atoms with Crippen molar-refractivity contribution in [2.24, 2.45) is 0 Å². The second-order valence-electron chi connectivity index (χ2n) is 3.33. The summed E-state index contributed by atoms with van der Waals surface area (Å²) in [6, 6.07) is 0. The summed E-state index contributed by atoms with van der Waals surface area (Å²) in [5.41, 5.74) is 1.35. The van der Waals surface area contributed by atoms with Gasteiger partial charge in [-0.15, -0.1) is 0 Å². The Morgan fingerprint density at radius 3 is 3.00 bits per heavy atom. The molecule has 0 atom stereocenters. The van der Waals surface area contributed by atoms with Gasteiger partial charge >= 0.3 is 5.97 Å². The summed E-state index contributed by atoms with van der Waals surface area (Å²) in [7, 11) is 1.36. The lowest BCUT2D eigenvalue weighted by Gasteiger charge is -2.17. The van der Waals surface area contributed by atoms with Crippen LogP contribution in [-0.2, 0) is 19.0 Å². The van der Waals surface area contributed by atoms with E-state index in [-0.39, 0.29) is 5.97 Å². The van der Waals surface area contributed by atoms with Crippen LogP contribution in [0.25, 0.3) is 0 Å². The van der Waals surface area contributed by atoms with Crippen LogP contribution in [0, 0.1) is 0 Å². The maximum absolute atomic E-state index is 11.5. The minimum Gasteiger partial charge on any atom is -0.466 e. The van der Waals surface area contributed by atoms with Crippen molar-refractivity contribution in [2.75, 3.05) is 7.11 Å². The minimum absolute atomic E-state index is 0.356. The van der Waals surface area contributed by atoms with Gasteiger partial charge in [-0.1, -0.05) is 12.2 Å². The van der Waals surface area contributed by atoms with Crippen molar-refractivity contribution >= 4 is 5.97 Å². The van der Waals surface area contributed by atoms with Crippen LogP contribution in [-0.4, -0.2) is 13.1 Å². The fourth-order valence-corrected chi connectivity index (χ4v) is 1.63. The molecule has 0 saturated heterocycles.